The zero-order valence-corrected chi connectivity index (χ0v) is 22.8. The van der Waals surface area contributed by atoms with Gasteiger partial charge in [-0.1, -0.05) is 0 Å². The molecular formula is C30H30N2O5Se. The van der Waals surface area contributed by atoms with Crippen molar-refractivity contribution in [2.45, 2.75) is 43.4 Å². The van der Waals surface area contributed by atoms with Gasteiger partial charge < -0.3 is 0 Å². The minimum absolute atomic E-state index is 0.0923. The van der Waals surface area contributed by atoms with Crippen LogP contribution in [0.25, 0.3) is 0 Å². The van der Waals surface area contributed by atoms with Crippen LogP contribution in [0.15, 0.2) is 107 Å². The molecule has 1 saturated heterocycles. The maximum atomic E-state index is 12.9. The Bertz CT molecular complexity index is 1430. The summed E-state index contributed by atoms with van der Waals surface area (Å²) in [5.41, 5.74) is 1.69. The molecule has 2 heterocycles. The van der Waals surface area contributed by atoms with E-state index in [-0.39, 0.29) is 25.9 Å². The number of rotatable bonds is 10. The molecule has 0 spiro atoms. The minimum atomic E-state index is -0.607. The van der Waals surface area contributed by atoms with E-state index in [9.17, 15) is 9.59 Å². The van der Waals surface area contributed by atoms with Crippen molar-refractivity contribution in [3.63, 3.8) is 0 Å². The molecule has 38 heavy (non-hydrogen) atoms. The molecule has 0 aliphatic carbocycles. The van der Waals surface area contributed by atoms with Crippen LogP contribution in [0.5, 0.6) is 0 Å². The Hall–Kier alpha value is -3.26. The first kappa shape index (κ1) is 26.4. The number of H-pyrrole nitrogens is 1. The number of ether oxygens (including phenoxy) is 3. The van der Waals surface area contributed by atoms with Crippen LogP contribution in [-0.4, -0.2) is 43.3 Å². The van der Waals surface area contributed by atoms with Crippen LogP contribution in [-0.2, 0) is 27.4 Å². The molecule has 7 nitrogen and oxygen atoms in total. The molecule has 0 bridgehead atoms. The zero-order valence-electron chi connectivity index (χ0n) is 21.1. The van der Waals surface area contributed by atoms with Crippen LogP contribution < -0.4 is 15.7 Å². The van der Waals surface area contributed by atoms with Gasteiger partial charge in [0.2, 0.25) is 0 Å². The molecule has 0 saturated carbocycles. The molecule has 0 radical (unpaired) electrons. The number of hydrogen-bond acceptors (Lipinski definition) is 5. The van der Waals surface area contributed by atoms with Gasteiger partial charge in [-0.3, -0.25) is 0 Å². The number of aromatic amines is 1. The molecule has 1 aromatic heterocycles. The summed E-state index contributed by atoms with van der Waals surface area (Å²) >= 11 is -0.0923. The third-order valence-corrected chi connectivity index (χ3v) is 9.16. The van der Waals surface area contributed by atoms with Crippen molar-refractivity contribution in [1.29, 1.82) is 0 Å². The summed E-state index contributed by atoms with van der Waals surface area (Å²) in [6, 6.07) is 30.2. The summed E-state index contributed by atoms with van der Waals surface area (Å²) in [6.07, 6.45) is 0.253. The van der Waals surface area contributed by atoms with E-state index in [0.29, 0.717) is 25.4 Å². The fraction of sp³-hybridized carbons (Fsp3) is 0.267. The average molecular weight is 578 g/mol. The predicted molar refractivity (Wildman–Crippen MR) is 147 cm³/mol. The monoisotopic (exact) mass is 578 g/mol. The van der Waals surface area contributed by atoms with Gasteiger partial charge in [-0.05, 0) is 0 Å². The fourth-order valence-electron chi connectivity index (χ4n) is 4.46. The molecular weight excluding hydrogens is 547 g/mol. The first-order valence-corrected chi connectivity index (χ1v) is 14.4. The average Bonchev–Trinajstić information content (AvgIpc) is 3.27. The first-order valence-electron chi connectivity index (χ1n) is 12.5. The molecule has 1 aliphatic heterocycles. The van der Waals surface area contributed by atoms with Gasteiger partial charge in [0.1, 0.15) is 0 Å². The number of nitrogens with zero attached hydrogens (tertiary/aromatic N) is 1. The van der Waals surface area contributed by atoms with Gasteiger partial charge in [-0.2, -0.15) is 0 Å². The van der Waals surface area contributed by atoms with Crippen molar-refractivity contribution in [3.8, 4) is 0 Å². The van der Waals surface area contributed by atoms with E-state index in [0.717, 1.165) is 11.1 Å². The van der Waals surface area contributed by atoms with Crippen molar-refractivity contribution < 1.29 is 14.2 Å². The summed E-state index contributed by atoms with van der Waals surface area (Å²) in [4.78, 5) is 27.3. The van der Waals surface area contributed by atoms with Crippen LogP contribution in [0.1, 0.15) is 22.9 Å². The normalized spacial score (nSPS) is 21.0. The second kappa shape index (κ2) is 12.5. The van der Waals surface area contributed by atoms with E-state index >= 15 is 0 Å². The molecule has 0 amide bonds. The van der Waals surface area contributed by atoms with Gasteiger partial charge in [-0.15, -0.1) is 0 Å². The molecule has 4 aromatic rings. The number of nitrogens with one attached hydrogen (secondary N) is 1. The molecule has 8 heteroatoms. The van der Waals surface area contributed by atoms with Crippen molar-refractivity contribution in [2.24, 2.45) is 0 Å². The van der Waals surface area contributed by atoms with Crippen LogP contribution in [0.3, 0.4) is 0 Å². The van der Waals surface area contributed by atoms with Gasteiger partial charge in [0, 0.05) is 0 Å². The third-order valence-electron chi connectivity index (χ3n) is 6.40. The van der Waals surface area contributed by atoms with Crippen LogP contribution in [0.2, 0.25) is 4.82 Å². The number of aromatic nitrogens is 2. The topological polar surface area (TPSA) is 82.6 Å². The Balaban J connectivity index is 1.45. The third kappa shape index (κ3) is 6.41. The Kier molecular flexibility index (Phi) is 8.68. The van der Waals surface area contributed by atoms with Crippen molar-refractivity contribution in [2.75, 3.05) is 6.61 Å². The van der Waals surface area contributed by atoms with E-state index in [1.807, 2.05) is 78.9 Å². The summed E-state index contributed by atoms with van der Waals surface area (Å²) in [5.74, 6) is 0. The van der Waals surface area contributed by atoms with Crippen molar-refractivity contribution in [1.82, 2.24) is 9.55 Å². The molecule has 4 atom stereocenters. The molecule has 196 valence electrons. The summed E-state index contributed by atoms with van der Waals surface area (Å²) in [6.45, 7) is 2.86. The summed E-state index contributed by atoms with van der Waals surface area (Å²) in [5, 5.41) is 0. The van der Waals surface area contributed by atoms with E-state index in [1.165, 1.54) is 9.03 Å². The molecule has 5 rings (SSSR count). The van der Waals surface area contributed by atoms with E-state index < -0.39 is 23.6 Å². The van der Waals surface area contributed by atoms with E-state index in [2.05, 4.69) is 17.1 Å². The Morgan fingerprint density at radius 3 is 2.13 bits per heavy atom. The number of aryl methyl sites for hydroxylation is 1. The first-order chi connectivity index (χ1) is 18.6. The molecule has 1 N–H and O–H groups in total. The Labute approximate surface area is 227 Å². The van der Waals surface area contributed by atoms with Crippen LogP contribution in [0, 0.1) is 6.92 Å². The summed E-state index contributed by atoms with van der Waals surface area (Å²) < 4.78 is 21.9. The van der Waals surface area contributed by atoms with E-state index in [1.54, 1.807) is 13.1 Å². The van der Waals surface area contributed by atoms with Gasteiger partial charge in [0.15, 0.2) is 0 Å². The standard InChI is InChI=1S/C30H30N2O5Se/c1-21-17-32(30(34)31-28(21)33)29-27(38-24-15-9-4-10-16-24)26(36-19-23-13-7-3-8-14-23)25(37-29)20-35-18-22-11-5-2-6-12-22/h2-17,25-27,29H,18-20H2,1H3,(H,31,33,34)/t25-,26+,27-,29-/m1/s1. The quantitative estimate of drug-likeness (QED) is 0.293. The van der Waals surface area contributed by atoms with Gasteiger partial charge in [-0.25, -0.2) is 0 Å². The molecule has 3 aromatic carbocycles. The fourth-order valence-corrected chi connectivity index (χ4v) is 7.25. The Morgan fingerprint density at radius 1 is 0.868 bits per heavy atom. The van der Waals surface area contributed by atoms with E-state index in [4.69, 9.17) is 14.2 Å². The SMILES string of the molecule is Cc1cn([C@@H]2O[C@H](COCc3ccccc3)[C@H](OCc3ccccc3)[C@H]2[Se]c2ccccc2)c(=O)[nH]c1=O. The second-order valence-corrected chi connectivity index (χ2v) is 11.8. The Morgan fingerprint density at radius 2 is 1.47 bits per heavy atom. The van der Waals surface area contributed by atoms with Gasteiger partial charge >= 0.3 is 228 Å². The molecule has 1 fully saturated rings. The van der Waals surface area contributed by atoms with Crippen LogP contribution in [0.4, 0.5) is 0 Å². The van der Waals surface area contributed by atoms with Crippen LogP contribution >= 0.6 is 0 Å². The van der Waals surface area contributed by atoms with Gasteiger partial charge in [0.25, 0.3) is 0 Å². The van der Waals surface area contributed by atoms with Crippen molar-refractivity contribution in [3.05, 3.63) is 135 Å². The predicted octanol–water partition coefficient (Wildman–Crippen LogP) is 3.36. The summed E-state index contributed by atoms with van der Waals surface area (Å²) in [7, 11) is 0. The van der Waals surface area contributed by atoms with Crippen molar-refractivity contribution >= 4 is 19.4 Å². The number of hydrogen-bond donors (Lipinski definition) is 1. The molecule has 1 aliphatic rings. The zero-order chi connectivity index (χ0) is 26.3. The molecule has 0 unspecified atom stereocenters. The maximum absolute atomic E-state index is 12.9. The number of benzene rings is 3. The van der Waals surface area contributed by atoms with Gasteiger partial charge in [0.05, 0.1) is 0 Å². The second-order valence-electron chi connectivity index (χ2n) is 9.20.